The van der Waals surface area contributed by atoms with Gasteiger partial charge in [0, 0.05) is 69.4 Å². The van der Waals surface area contributed by atoms with Gasteiger partial charge in [-0.1, -0.05) is 12.1 Å². The molecule has 2 aromatic rings. The van der Waals surface area contributed by atoms with E-state index in [0.29, 0.717) is 30.7 Å². The van der Waals surface area contributed by atoms with Crippen molar-refractivity contribution in [3.63, 3.8) is 0 Å². The molecule has 0 radical (unpaired) electrons. The third kappa shape index (κ3) is 4.70. The van der Waals surface area contributed by atoms with E-state index in [1.807, 2.05) is 31.2 Å². The fourth-order valence-corrected chi connectivity index (χ4v) is 5.84. The Morgan fingerprint density at radius 3 is 2.86 bits per heavy atom. The molecule has 3 aliphatic heterocycles. The maximum atomic E-state index is 10.7. The van der Waals surface area contributed by atoms with Crippen LogP contribution in [0.5, 0.6) is 0 Å². The number of nitrogens with zero attached hydrogens (tertiary/aromatic N) is 4. The van der Waals surface area contributed by atoms with Crippen molar-refractivity contribution in [1.82, 2.24) is 10.2 Å². The van der Waals surface area contributed by atoms with Crippen LogP contribution >= 0.6 is 0 Å². The SMILES string of the molecule is C[C@@H]1CN(c2ccc(C#N)cc2/C=C\C=N)C[C@@H]2c3ccc(N4CCNC[C@](C)(O)C4)cc3CN12. The van der Waals surface area contributed by atoms with Crippen LogP contribution < -0.4 is 15.1 Å². The van der Waals surface area contributed by atoms with Crippen molar-refractivity contribution >= 4 is 23.7 Å². The molecule has 3 heterocycles. The van der Waals surface area contributed by atoms with Gasteiger partial charge in [0.2, 0.25) is 0 Å². The molecule has 3 aliphatic rings. The van der Waals surface area contributed by atoms with E-state index >= 15 is 0 Å². The molecule has 0 spiro atoms. The molecule has 0 saturated carbocycles. The summed E-state index contributed by atoms with van der Waals surface area (Å²) in [4.78, 5) is 7.32. The largest absolute Gasteiger partial charge is 0.387 e. The lowest BCUT2D eigenvalue weighted by molar-refractivity contribution is 0.0729. The Morgan fingerprint density at radius 2 is 2.06 bits per heavy atom. The standard InChI is InChI=1S/C28H34N6O/c1-20-15-33(26-8-5-21(14-30)12-22(26)4-3-9-29)17-27-25-7-6-24(13-23(25)16-34(20)27)32-11-10-31-18-28(2,35)19-32/h3-9,12-13,20,27,29,31,35H,10-11,15-19H2,1-2H3/b4-3-,29-9?/t20-,27-,28+/m1/s1. The van der Waals surface area contributed by atoms with E-state index in [9.17, 15) is 10.4 Å². The molecule has 0 aromatic heterocycles. The summed E-state index contributed by atoms with van der Waals surface area (Å²) in [6, 6.07) is 15.6. The van der Waals surface area contributed by atoms with E-state index in [2.05, 4.69) is 51.2 Å². The molecule has 7 heteroatoms. The first-order valence-corrected chi connectivity index (χ1v) is 12.4. The summed E-state index contributed by atoms with van der Waals surface area (Å²) in [5.41, 5.74) is 5.92. The van der Waals surface area contributed by atoms with Crippen LogP contribution in [0.25, 0.3) is 6.08 Å². The van der Waals surface area contributed by atoms with Crippen LogP contribution in [0.1, 0.15) is 42.1 Å². The van der Waals surface area contributed by atoms with E-state index in [1.54, 1.807) is 6.08 Å². The number of nitriles is 1. The highest BCUT2D eigenvalue weighted by Gasteiger charge is 2.39. The van der Waals surface area contributed by atoms with E-state index < -0.39 is 5.60 Å². The Kier molecular flexibility index (Phi) is 6.37. The van der Waals surface area contributed by atoms with E-state index in [4.69, 9.17) is 5.41 Å². The second kappa shape index (κ2) is 9.46. The number of anilines is 2. The highest BCUT2D eigenvalue weighted by Crippen LogP contribution is 2.42. The van der Waals surface area contributed by atoms with Gasteiger partial charge < -0.3 is 25.6 Å². The Balaban J connectivity index is 1.42. The van der Waals surface area contributed by atoms with Crippen molar-refractivity contribution in [3.8, 4) is 6.07 Å². The van der Waals surface area contributed by atoms with Crippen molar-refractivity contribution in [2.24, 2.45) is 0 Å². The second-order valence-corrected chi connectivity index (χ2v) is 10.3. The minimum absolute atomic E-state index is 0.312. The molecule has 2 aromatic carbocycles. The van der Waals surface area contributed by atoms with Crippen molar-refractivity contribution in [1.29, 1.82) is 10.7 Å². The lowest BCUT2D eigenvalue weighted by atomic mass is 9.99. The third-order valence-corrected chi connectivity index (χ3v) is 7.51. The first-order chi connectivity index (χ1) is 16.9. The zero-order chi connectivity index (χ0) is 24.6. The summed E-state index contributed by atoms with van der Waals surface area (Å²) in [5.74, 6) is 0. The Morgan fingerprint density at radius 1 is 1.20 bits per heavy atom. The van der Waals surface area contributed by atoms with Crippen molar-refractivity contribution in [2.45, 2.75) is 38.1 Å². The minimum atomic E-state index is -0.743. The van der Waals surface area contributed by atoms with Gasteiger partial charge in [-0.25, -0.2) is 0 Å². The van der Waals surface area contributed by atoms with Gasteiger partial charge in [-0.15, -0.1) is 0 Å². The van der Waals surface area contributed by atoms with Crippen LogP contribution in [-0.4, -0.2) is 67.1 Å². The number of aliphatic hydroxyl groups is 1. The molecule has 2 fully saturated rings. The molecular formula is C28H34N6O. The molecule has 0 unspecified atom stereocenters. The van der Waals surface area contributed by atoms with Crippen LogP contribution in [0.4, 0.5) is 11.4 Å². The molecule has 35 heavy (non-hydrogen) atoms. The van der Waals surface area contributed by atoms with Crippen molar-refractivity contribution < 1.29 is 5.11 Å². The molecule has 182 valence electrons. The maximum Gasteiger partial charge on any atom is 0.0991 e. The molecule has 7 nitrogen and oxygen atoms in total. The zero-order valence-electron chi connectivity index (χ0n) is 20.5. The quantitative estimate of drug-likeness (QED) is 0.595. The highest BCUT2D eigenvalue weighted by molar-refractivity contribution is 5.80. The predicted molar refractivity (Wildman–Crippen MR) is 141 cm³/mol. The monoisotopic (exact) mass is 470 g/mol. The summed E-state index contributed by atoms with van der Waals surface area (Å²) in [7, 11) is 0. The topological polar surface area (TPSA) is 89.6 Å². The van der Waals surface area contributed by atoms with E-state index in [1.165, 1.54) is 23.0 Å². The van der Waals surface area contributed by atoms with Crippen molar-refractivity contribution in [2.75, 3.05) is 49.1 Å². The summed E-state index contributed by atoms with van der Waals surface area (Å²) in [6.07, 6.45) is 4.90. The van der Waals surface area contributed by atoms with Gasteiger partial charge in [-0.05, 0) is 66.9 Å². The smallest absolute Gasteiger partial charge is 0.0991 e. The van der Waals surface area contributed by atoms with Crippen LogP contribution in [0.3, 0.4) is 0 Å². The number of nitrogens with one attached hydrogen (secondary N) is 2. The van der Waals surface area contributed by atoms with Crippen LogP contribution in [0.15, 0.2) is 42.5 Å². The minimum Gasteiger partial charge on any atom is -0.387 e. The number of fused-ring (bicyclic) bond motifs is 3. The van der Waals surface area contributed by atoms with Gasteiger partial charge in [0.05, 0.1) is 23.3 Å². The van der Waals surface area contributed by atoms with E-state index in [-0.39, 0.29) is 0 Å². The molecule has 0 amide bonds. The molecule has 0 aliphatic carbocycles. The molecule has 3 atom stereocenters. The first-order valence-electron chi connectivity index (χ1n) is 12.4. The summed E-state index contributed by atoms with van der Waals surface area (Å²) in [5, 5.41) is 30.8. The number of rotatable bonds is 4. The average molecular weight is 471 g/mol. The van der Waals surface area contributed by atoms with Gasteiger partial charge >= 0.3 is 0 Å². The summed E-state index contributed by atoms with van der Waals surface area (Å²) in [6.45, 7) is 9.93. The molecule has 2 saturated heterocycles. The Labute approximate surface area is 207 Å². The highest BCUT2D eigenvalue weighted by atomic mass is 16.3. The molecule has 0 bridgehead atoms. The van der Waals surface area contributed by atoms with Gasteiger partial charge in [-0.2, -0.15) is 5.26 Å². The number of hydrogen-bond acceptors (Lipinski definition) is 7. The number of hydrogen-bond donors (Lipinski definition) is 3. The zero-order valence-corrected chi connectivity index (χ0v) is 20.5. The molecular weight excluding hydrogens is 436 g/mol. The van der Waals surface area contributed by atoms with Gasteiger partial charge in [0.15, 0.2) is 0 Å². The number of piperazine rings is 1. The van der Waals surface area contributed by atoms with Gasteiger partial charge in [0.1, 0.15) is 0 Å². The molecule has 5 rings (SSSR count). The van der Waals surface area contributed by atoms with Crippen LogP contribution in [-0.2, 0) is 6.54 Å². The Hall–Kier alpha value is -3.18. The fraction of sp³-hybridized carbons (Fsp3) is 0.429. The second-order valence-electron chi connectivity index (χ2n) is 10.3. The van der Waals surface area contributed by atoms with E-state index in [0.717, 1.165) is 44.0 Å². The lowest BCUT2D eigenvalue weighted by Gasteiger charge is -2.44. The molecule has 3 N–H and O–H groups in total. The number of β-amino-alcohol motifs (C(OH)–C–C–N with tert-alkyl or cyclic N) is 1. The maximum absolute atomic E-state index is 10.7. The first kappa shape index (κ1) is 23.6. The summed E-state index contributed by atoms with van der Waals surface area (Å²) >= 11 is 0. The normalized spacial score (nSPS) is 26.8. The van der Waals surface area contributed by atoms with Crippen LogP contribution in [0.2, 0.25) is 0 Å². The fourth-order valence-electron chi connectivity index (χ4n) is 5.84. The van der Waals surface area contributed by atoms with Gasteiger partial charge in [0.25, 0.3) is 0 Å². The third-order valence-electron chi connectivity index (χ3n) is 7.51. The summed E-state index contributed by atoms with van der Waals surface area (Å²) < 4.78 is 0. The Bertz CT molecular complexity index is 1180. The van der Waals surface area contributed by atoms with Gasteiger partial charge in [-0.3, -0.25) is 4.90 Å². The lowest BCUT2D eigenvalue weighted by Crippen LogP contribution is -2.51. The van der Waals surface area contributed by atoms with Crippen molar-refractivity contribution in [3.05, 3.63) is 64.7 Å². The average Bonchev–Trinajstić information content (AvgIpc) is 3.12. The predicted octanol–water partition coefficient (Wildman–Crippen LogP) is 3.15. The van der Waals surface area contributed by atoms with Crippen LogP contribution in [0, 0.1) is 16.7 Å². The number of benzene rings is 2. The number of allylic oxidation sites excluding steroid dienone is 1.